The fourth-order valence-corrected chi connectivity index (χ4v) is 1.55. The van der Waals surface area contributed by atoms with Gasteiger partial charge in [0.2, 0.25) is 0 Å². The predicted octanol–water partition coefficient (Wildman–Crippen LogP) is 2.68. The van der Waals surface area contributed by atoms with Gasteiger partial charge in [-0.1, -0.05) is 24.3 Å². The van der Waals surface area contributed by atoms with E-state index in [4.69, 9.17) is 11.6 Å². The minimum absolute atomic E-state index is 0.0730. The van der Waals surface area contributed by atoms with E-state index in [1.54, 1.807) is 0 Å². The van der Waals surface area contributed by atoms with Crippen LogP contribution >= 0.6 is 11.6 Å². The molecule has 1 aromatic carbocycles. The molecular weight excluding hydrogens is 156 g/mol. The van der Waals surface area contributed by atoms with Gasteiger partial charge in [-0.3, -0.25) is 0 Å². The monoisotopic (exact) mass is 162 g/mol. The van der Waals surface area contributed by atoms with Crippen LogP contribution in [0.2, 0.25) is 0 Å². The number of rotatable bonds is 0. The van der Waals surface area contributed by atoms with Gasteiger partial charge >= 0.3 is 0 Å². The van der Waals surface area contributed by atoms with E-state index in [1.807, 2.05) is 24.3 Å². The van der Waals surface area contributed by atoms with Crippen molar-refractivity contribution in [3.8, 4) is 0 Å². The summed E-state index contributed by atoms with van der Waals surface area (Å²) in [4.78, 5) is 0. The quantitative estimate of drug-likeness (QED) is 0.515. The van der Waals surface area contributed by atoms with Gasteiger partial charge in [-0.25, -0.2) is 0 Å². The van der Waals surface area contributed by atoms with E-state index < -0.39 is 0 Å². The lowest BCUT2D eigenvalue weighted by Crippen LogP contribution is -1.99. The van der Waals surface area contributed by atoms with Crippen molar-refractivity contribution in [3.63, 3.8) is 0 Å². The van der Waals surface area contributed by atoms with Crippen molar-refractivity contribution in [1.29, 1.82) is 0 Å². The number of hydrogen-bond donors (Lipinski definition) is 0. The van der Waals surface area contributed by atoms with Crippen LogP contribution in [-0.2, 0) is 6.42 Å². The smallest absolute Gasteiger partial charge is 0.0838 e. The van der Waals surface area contributed by atoms with E-state index in [-0.39, 0.29) is 5.38 Å². The maximum atomic E-state index is 5.98. The van der Waals surface area contributed by atoms with Crippen molar-refractivity contribution in [3.05, 3.63) is 47.5 Å². The third-order valence-corrected chi connectivity index (χ3v) is 2.18. The first kappa shape index (κ1) is 6.93. The van der Waals surface area contributed by atoms with Crippen LogP contribution in [-0.4, -0.2) is 0 Å². The van der Waals surface area contributed by atoms with Crippen molar-refractivity contribution in [2.24, 2.45) is 0 Å². The first-order valence-electron chi connectivity index (χ1n) is 3.59. The van der Waals surface area contributed by atoms with Crippen molar-refractivity contribution >= 4 is 11.6 Å². The summed E-state index contributed by atoms with van der Waals surface area (Å²) in [5.74, 6) is 0. The standard InChI is InChI=1S/C10H7Cl/c11-10-7-3-5-8-4-1-2-6-9(8)10/h1-3,6,10H,5H2. The van der Waals surface area contributed by atoms with Crippen LogP contribution in [0.5, 0.6) is 0 Å². The topological polar surface area (TPSA) is 0 Å². The highest BCUT2D eigenvalue weighted by Crippen LogP contribution is 2.28. The molecule has 1 atom stereocenters. The molecule has 11 heavy (non-hydrogen) atoms. The molecule has 2 radical (unpaired) electrons. The Balaban J connectivity index is 2.50. The lowest BCUT2D eigenvalue weighted by Gasteiger charge is -2.13. The molecule has 1 unspecified atom stereocenters. The van der Waals surface area contributed by atoms with Gasteiger partial charge in [-0.05, 0) is 29.7 Å². The average Bonchev–Trinajstić information content (AvgIpc) is 2.06. The molecule has 0 amide bonds. The lowest BCUT2D eigenvalue weighted by atomic mass is 9.97. The highest BCUT2D eigenvalue weighted by Gasteiger charge is 2.12. The number of halogens is 1. The Morgan fingerprint density at radius 1 is 1.55 bits per heavy atom. The van der Waals surface area contributed by atoms with Crippen molar-refractivity contribution in [1.82, 2.24) is 0 Å². The van der Waals surface area contributed by atoms with Crippen molar-refractivity contribution < 1.29 is 0 Å². The molecule has 0 nitrogen and oxygen atoms in total. The van der Waals surface area contributed by atoms with Gasteiger partial charge in [0.1, 0.15) is 0 Å². The molecule has 1 aromatic rings. The van der Waals surface area contributed by atoms with E-state index >= 15 is 0 Å². The lowest BCUT2D eigenvalue weighted by molar-refractivity contribution is 1.04. The molecule has 2 rings (SSSR count). The molecule has 0 heterocycles. The van der Waals surface area contributed by atoms with E-state index in [9.17, 15) is 0 Å². The Labute approximate surface area is 71.5 Å². The Kier molecular flexibility index (Phi) is 1.71. The average molecular weight is 163 g/mol. The third-order valence-electron chi connectivity index (χ3n) is 1.82. The summed E-state index contributed by atoms with van der Waals surface area (Å²) < 4.78 is 0. The number of benzene rings is 1. The van der Waals surface area contributed by atoms with Gasteiger partial charge in [0, 0.05) is 0 Å². The second kappa shape index (κ2) is 2.71. The van der Waals surface area contributed by atoms with Crippen LogP contribution in [0.25, 0.3) is 0 Å². The normalized spacial score (nSPS) is 21.4. The molecule has 0 aliphatic heterocycles. The van der Waals surface area contributed by atoms with Crippen LogP contribution in [0.1, 0.15) is 16.5 Å². The largest absolute Gasteiger partial charge is 0.113 e. The Hall–Kier alpha value is -0.750. The number of alkyl halides is 1. The summed E-state index contributed by atoms with van der Waals surface area (Å²) in [5.41, 5.74) is 2.35. The number of hydrogen-bond acceptors (Lipinski definition) is 0. The van der Waals surface area contributed by atoms with Crippen molar-refractivity contribution in [2.75, 3.05) is 0 Å². The fourth-order valence-electron chi connectivity index (χ4n) is 1.25. The number of allylic oxidation sites excluding steroid dienone is 2. The summed E-state index contributed by atoms with van der Waals surface area (Å²) in [6, 6.07) is 9.07. The molecule has 1 aliphatic carbocycles. The van der Waals surface area contributed by atoms with E-state index in [1.165, 1.54) is 5.56 Å². The van der Waals surface area contributed by atoms with Gasteiger partial charge in [0.15, 0.2) is 0 Å². The van der Waals surface area contributed by atoms with Gasteiger partial charge < -0.3 is 0 Å². The molecule has 0 fully saturated rings. The first-order valence-corrected chi connectivity index (χ1v) is 4.03. The molecule has 54 valence electrons. The maximum Gasteiger partial charge on any atom is 0.0838 e. The highest BCUT2D eigenvalue weighted by atomic mass is 35.5. The molecule has 0 bridgehead atoms. The zero-order chi connectivity index (χ0) is 7.68. The van der Waals surface area contributed by atoms with E-state index in [2.05, 4.69) is 12.1 Å². The zero-order valence-electron chi connectivity index (χ0n) is 5.97. The number of fused-ring (bicyclic) bond motifs is 1. The Morgan fingerprint density at radius 3 is 3.27 bits per heavy atom. The molecule has 0 N–H and O–H groups in total. The van der Waals surface area contributed by atoms with E-state index in [0.29, 0.717) is 0 Å². The molecule has 1 aliphatic rings. The minimum atomic E-state index is -0.0730. The summed E-state index contributed by atoms with van der Waals surface area (Å²) in [7, 11) is 0. The van der Waals surface area contributed by atoms with Crippen LogP contribution < -0.4 is 0 Å². The van der Waals surface area contributed by atoms with Crippen LogP contribution in [0.15, 0.2) is 24.3 Å². The fraction of sp³-hybridized carbons (Fsp3) is 0.200. The third kappa shape index (κ3) is 1.19. The van der Waals surface area contributed by atoms with Gasteiger partial charge in [0.05, 0.1) is 5.38 Å². The second-order valence-corrected chi connectivity index (χ2v) is 2.98. The van der Waals surface area contributed by atoms with Gasteiger partial charge in [0.25, 0.3) is 0 Å². The molecule has 0 aromatic heterocycles. The summed E-state index contributed by atoms with van der Waals surface area (Å²) >= 11 is 5.98. The molecule has 0 spiro atoms. The summed E-state index contributed by atoms with van der Waals surface area (Å²) in [6.07, 6.45) is 5.94. The molecule has 0 saturated carbocycles. The SMILES string of the molecule is ClC1[C]=CCc2[c]cccc21. The predicted molar refractivity (Wildman–Crippen MR) is 45.4 cm³/mol. The zero-order valence-corrected chi connectivity index (χ0v) is 6.73. The first-order chi connectivity index (χ1) is 5.38. The van der Waals surface area contributed by atoms with Crippen molar-refractivity contribution in [2.45, 2.75) is 11.8 Å². The molecular formula is C10H7Cl. The highest BCUT2D eigenvalue weighted by molar-refractivity contribution is 6.21. The minimum Gasteiger partial charge on any atom is -0.113 e. The molecule has 1 heteroatoms. The summed E-state index contributed by atoms with van der Waals surface area (Å²) in [6.45, 7) is 0. The van der Waals surface area contributed by atoms with Gasteiger partial charge in [-0.2, -0.15) is 0 Å². The van der Waals surface area contributed by atoms with Crippen LogP contribution in [0.3, 0.4) is 0 Å². The maximum absolute atomic E-state index is 5.98. The summed E-state index contributed by atoms with van der Waals surface area (Å²) in [5, 5.41) is -0.0730. The Morgan fingerprint density at radius 2 is 2.45 bits per heavy atom. The van der Waals surface area contributed by atoms with Crippen LogP contribution in [0.4, 0.5) is 0 Å². The molecule has 0 saturated heterocycles. The van der Waals surface area contributed by atoms with Gasteiger partial charge in [-0.15, -0.1) is 11.6 Å². The van der Waals surface area contributed by atoms with E-state index in [0.717, 1.165) is 12.0 Å². The second-order valence-electron chi connectivity index (χ2n) is 2.54. The van der Waals surface area contributed by atoms with Crippen LogP contribution in [0, 0.1) is 12.1 Å². The Bertz CT molecular complexity index is 289.